The molecule has 0 saturated carbocycles. The molecule has 3 N–H and O–H groups in total. The molecule has 1 aromatic rings. The lowest BCUT2D eigenvalue weighted by Crippen LogP contribution is -2.36. The van der Waals surface area contributed by atoms with Gasteiger partial charge in [-0.1, -0.05) is 18.2 Å². The Morgan fingerprint density at radius 1 is 1.33 bits per heavy atom. The van der Waals surface area contributed by atoms with Crippen molar-refractivity contribution in [1.82, 2.24) is 10.3 Å². The van der Waals surface area contributed by atoms with Crippen LogP contribution >= 0.6 is 0 Å². The Morgan fingerprint density at radius 2 is 2.04 bits per heavy atom. The van der Waals surface area contributed by atoms with E-state index in [2.05, 4.69) is 5.43 Å². The van der Waals surface area contributed by atoms with Crippen LogP contribution in [0.15, 0.2) is 24.3 Å². The minimum absolute atomic E-state index is 0.125. The number of hydrazine groups is 1. The van der Waals surface area contributed by atoms with Crippen LogP contribution in [0.2, 0.25) is 0 Å². The topological polar surface area (TPSA) is 93.9 Å². The van der Waals surface area contributed by atoms with E-state index in [4.69, 9.17) is 15.3 Å². The summed E-state index contributed by atoms with van der Waals surface area (Å²) in [6, 6.07) is 7.33. The van der Waals surface area contributed by atoms with E-state index >= 15 is 0 Å². The molecule has 7 nitrogen and oxygen atoms in total. The number of para-hydroxylation sites is 1. The fourth-order valence-electron chi connectivity index (χ4n) is 2.49. The average molecular weight is 335 g/mol. The molecule has 1 atom stereocenters. The molecule has 24 heavy (non-hydrogen) atoms. The van der Waals surface area contributed by atoms with Gasteiger partial charge in [-0.2, -0.15) is 0 Å². The van der Waals surface area contributed by atoms with Crippen LogP contribution in [0.25, 0.3) is 0 Å². The summed E-state index contributed by atoms with van der Waals surface area (Å²) in [6.45, 7) is 6.58. The molecule has 2 amide bonds. The number of nitrogens with two attached hydrogens (primary N) is 1. The van der Waals surface area contributed by atoms with E-state index in [9.17, 15) is 9.59 Å². The molecule has 0 radical (unpaired) electrons. The minimum Gasteiger partial charge on any atom is -0.488 e. The van der Waals surface area contributed by atoms with Crippen molar-refractivity contribution in [3.63, 3.8) is 0 Å². The Balaban J connectivity index is 1.96. The monoisotopic (exact) mass is 335 g/mol. The fourth-order valence-corrected chi connectivity index (χ4v) is 2.49. The van der Waals surface area contributed by atoms with E-state index < -0.39 is 5.60 Å². The molecule has 0 spiro atoms. The Bertz CT molecular complexity index is 598. The van der Waals surface area contributed by atoms with Crippen LogP contribution in [-0.4, -0.2) is 41.7 Å². The SMILES string of the molecule is CC(C)(C)OC(=O)N1CCC(Oc2ccccc2CC(=O)NN)C1. The van der Waals surface area contributed by atoms with Crippen molar-refractivity contribution in [2.75, 3.05) is 13.1 Å². The number of ether oxygens (including phenoxy) is 2. The summed E-state index contributed by atoms with van der Waals surface area (Å²) in [4.78, 5) is 25.2. The molecule has 1 saturated heterocycles. The van der Waals surface area contributed by atoms with Gasteiger partial charge in [0, 0.05) is 18.5 Å². The zero-order chi connectivity index (χ0) is 17.7. The number of carbonyl (C=O) groups is 2. The number of benzene rings is 1. The van der Waals surface area contributed by atoms with Crippen LogP contribution in [0.4, 0.5) is 4.79 Å². The van der Waals surface area contributed by atoms with Crippen molar-refractivity contribution in [3.05, 3.63) is 29.8 Å². The lowest BCUT2D eigenvalue weighted by Gasteiger charge is -2.24. The van der Waals surface area contributed by atoms with Gasteiger partial charge in [-0.15, -0.1) is 0 Å². The fraction of sp³-hybridized carbons (Fsp3) is 0.529. The number of nitrogens with zero attached hydrogens (tertiary/aromatic N) is 1. The van der Waals surface area contributed by atoms with E-state index in [-0.39, 0.29) is 24.5 Å². The molecule has 7 heteroatoms. The Labute approximate surface area is 142 Å². The number of nitrogens with one attached hydrogen (secondary N) is 1. The molecule has 1 aliphatic rings. The van der Waals surface area contributed by atoms with Crippen molar-refractivity contribution >= 4 is 12.0 Å². The summed E-state index contributed by atoms with van der Waals surface area (Å²) in [5.74, 6) is 5.49. The lowest BCUT2D eigenvalue weighted by molar-refractivity contribution is -0.120. The van der Waals surface area contributed by atoms with Gasteiger partial charge in [-0.05, 0) is 26.8 Å². The molecule has 1 aliphatic heterocycles. The van der Waals surface area contributed by atoms with Crippen molar-refractivity contribution in [3.8, 4) is 5.75 Å². The first-order chi connectivity index (χ1) is 11.3. The molecular formula is C17H25N3O4. The van der Waals surface area contributed by atoms with Gasteiger partial charge in [0.15, 0.2) is 0 Å². The first-order valence-corrected chi connectivity index (χ1v) is 8.00. The second-order valence-electron chi connectivity index (χ2n) is 6.81. The number of rotatable bonds is 4. The summed E-state index contributed by atoms with van der Waals surface area (Å²) < 4.78 is 11.4. The van der Waals surface area contributed by atoms with E-state index in [1.165, 1.54) is 0 Å². The second kappa shape index (κ2) is 7.53. The summed E-state index contributed by atoms with van der Waals surface area (Å²) in [5, 5.41) is 0. The first kappa shape index (κ1) is 18.1. The molecule has 0 aromatic heterocycles. The predicted octanol–water partition coefficient (Wildman–Crippen LogP) is 1.61. The molecule has 1 fully saturated rings. The van der Waals surface area contributed by atoms with Crippen LogP contribution in [0.5, 0.6) is 5.75 Å². The van der Waals surface area contributed by atoms with Crippen molar-refractivity contribution < 1.29 is 19.1 Å². The van der Waals surface area contributed by atoms with Crippen molar-refractivity contribution in [1.29, 1.82) is 0 Å². The van der Waals surface area contributed by atoms with Gasteiger partial charge in [-0.3, -0.25) is 10.2 Å². The maximum Gasteiger partial charge on any atom is 0.410 e. The largest absolute Gasteiger partial charge is 0.488 e. The van der Waals surface area contributed by atoms with Gasteiger partial charge in [0.05, 0.1) is 13.0 Å². The summed E-state index contributed by atoms with van der Waals surface area (Å²) in [5.41, 5.74) is 2.36. The van der Waals surface area contributed by atoms with E-state index in [0.717, 1.165) is 12.0 Å². The van der Waals surface area contributed by atoms with Gasteiger partial charge in [0.1, 0.15) is 17.5 Å². The standard InChI is InChI=1S/C17H25N3O4/c1-17(2,3)24-16(22)20-9-8-13(11-20)23-14-7-5-4-6-12(14)10-15(21)19-18/h4-7,13H,8-11,18H2,1-3H3,(H,19,21). The quantitative estimate of drug-likeness (QED) is 0.495. The number of hydrogen-bond acceptors (Lipinski definition) is 5. The molecule has 1 unspecified atom stereocenters. The predicted molar refractivity (Wildman–Crippen MR) is 89.3 cm³/mol. The zero-order valence-corrected chi connectivity index (χ0v) is 14.4. The van der Waals surface area contributed by atoms with E-state index in [1.807, 2.05) is 45.0 Å². The maximum absolute atomic E-state index is 12.1. The number of likely N-dealkylation sites (tertiary alicyclic amines) is 1. The summed E-state index contributed by atoms with van der Waals surface area (Å²) >= 11 is 0. The lowest BCUT2D eigenvalue weighted by atomic mass is 10.1. The zero-order valence-electron chi connectivity index (χ0n) is 14.4. The van der Waals surface area contributed by atoms with Gasteiger partial charge in [0.25, 0.3) is 0 Å². The number of carbonyl (C=O) groups excluding carboxylic acids is 2. The Kier molecular flexibility index (Phi) is 5.66. The van der Waals surface area contributed by atoms with Crippen LogP contribution in [0.1, 0.15) is 32.8 Å². The highest BCUT2D eigenvalue weighted by molar-refractivity contribution is 5.78. The summed E-state index contributed by atoms with van der Waals surface area (Å²) in [6.07, 6.45) is 0.412. The highest BCUT2D eigenvalue weighted by Gasteiger charge is 2.31. The highest BCUT2D eigenvalue weighted by Crippen LogP contribution is 2.24. The minimum atomic E-state index is -0.516. The van der Waals surface area contributed by atoms with Gasteiger partial charge in [0.2, 0.25) is 5.91 Å². The third-order valence-corrected chi connectivity index (χ3v) is 3.57. The second-order valence-corrected chi connectivity index (χ2v) is 6.81. The maximum atomic E-state index is 12.1. The van der Waals surface area contributed by atoms with Crippen LogP contribution in [0.3, 0.4) is 0 Å². The molecule has 1 heterocycles. The van der Waals surface area contributed by atoms with E-state index in [1.54, 1.807) is 4.90 Å². The molecule has 2 rings (SSSR count). The normalized spacial score (nSPS) is 17.5. The number of hydrogen-bond donors (Lipinski definition) is 2. The first-order valence-electron chi connectivity index (χ1n) is 8.00. The number of amides is 2. The van der Waals surface area contributed by atoms with Crippen molar-refractivity contribution in [2.24, 2.45) is 5.84 Å². The van der Waals surface area contributed by atoms with Crippen LogP contribution in [-0.2, 0) is 16.0 Å². The molecule has 0 aliphatic carbocycles. The average Bonchev–Trinajstić information content (AvgIpc) is 2.96. The third-order valence-electron chi connectivity index (χ3n) is 3.57. The Hall–Kier alpha value is -2.28. The van der Waals surface area contributed by atoms with E-state index in [0.29, 0.717) is 18.8 Å². The summed E-state index contributed by atoms with van der Waals surface area (Å²) in [7, 11) is 0. The molecular weight excluding hydrogens is 310 g/mol. The highest BCUT2D eigenvalue weighted by atomic mass is 16.6. The molecule has 0 bridgehead atoms. The third kappa shape index (κ3) is 5.13. The molecule has 132 valence electrons. The van der Waals surface area contributed by atoms with Gasteiger partial charge >= 0.3 is 6.09 Å². The van der Waals surface area contributed by atoms with Crippen LogP contribution in [0, 0.1) is 0 Å². The van der Waals surface area contributed by atoms with Gasteiger partial charge in [-0.25, -0.2) is 10.6 Å². The molecule has 1 aromatic carbocycles. The smallest absolute Gasteiger partial charge is 0.410 e. The van der Waals surface area contributed by atoms with Crippen LogP contribution < -0.4 is 16.0 Å². The Morgan fingerprint density at radius 3 is 2.71 bits per heavy atom. The van der Waals surface area contributed by atoms with Gasteiger partial charge < -0.3 is 14.4 Å². The van der Waals surface area contributed by atoms with Crippen molar-refractivity contribution in [2.45, 2.75) is 45.3 Å².